The molecule has 0 spiro atoms. The zero-order valence-corrected chi connectivity index (χ0v) is 23.3. The minimum Gasteiger partial charge on any atom is -0.350 e. The standard InChI is InChI=1S/C28H28Cl4N2O2/c1-28(2,3)33-27(36)25(14-18-7-5-4-6-8-18)34(17-20-10-11-21(29)16-23(20)31)26(35)15-19-9-12-22(30)24(32)13-19/h4-13,16,25H,14-15,17H2,1-3H3,(H,33,36)/t25-/m0/s1. The summed E-state index contributed by atoms with van der Waals surface area (Å²) in [5.41, 5.74) is 1.82. The van der Waals surface area contributed by atoms with E-state index in [-0.39, 0.29) is 24.8 Å². The molecule has 4 nitrogen and oxygen atoms in total. The molecule has 0 heterocycles. The smallest absolute Gasteiger partial charge is 0.243 e. The highest BCUT2D eigenvalue weighted by atomic mass is 35.5. The third-order valence-corrected chi connectivity index (χ3v) is 6.79. The highest BCUT2D eigenvalue weighted by Gasteiger charge is 2.32. The van der Waals surface area contributed by atoms with Gasteiger partial charge < -0.3 is 10.2 Å². The summed E-state index contributed by atoms with van der Waals surface area (Å²) in [6.07, 6.45) is 0.372. The van der Waals surface area contributed by atoms with Crippen LogP contribution in [0, 0.1) is 0 Å². The van der Waals surface area contributed by atoms with Crippen LogP contribution < -0.4 is 5.32 Å². The lowest BCUT2D eigenvalue weighted by Gasteiger charge is -2.34. The molecule has 8 heteroatoms. The lowest BCUT2D eigenvalue weighted by Crippen LogP contribution is -2.54. The molecule has 0 fully saturated rings. The topological polar surface area (TPSA) is 49.4 Å². The molecule has 190 valence electrons. The van der Waals surface area contributed by atoms with Crippen molar-refractivity contribution in [3.8, 4) is 0 Å². The first-order valence-electron chi connectivity index (χ1n) is 11.5. The Labute approximate surface area is 232 Å². The van der Waals surface area contributed by atoms with Crippen molar-refractivity contribution >= 4 is 58.2 Å². The lowest BCUT2D eigenvalue weighted by molar-refractivity contribution is -0.141. The van der Waals surface area contributed by atoms with Crippen molar-refractivity contribution in [1.29, 1.82) is 0 Å². The largest absolute Gasteiger partial charge is 0.350 e. The minimum atomic E-state index is -0.784. The summed E-state index contributed by atoms with van der Waals surface area (Å²) in [6, 6.07) is 19.0. The fraction of sp³-hybridized carbons (Fsp3) is 0.286. The van der Waals surface area contributed by atoms with E-state index in [2.05, 4.69) is 5.32 Å². The fourth-order valence-corrected chi connectivity index (χ4v) is 4.56. The number of benzene rings is 3. The van der Waals surface area contributed by atoms with Crippen LogP contribution in [-0.4, -0.2) is 28.3 Å². The molecule has 0 bridgehead atoms. The summed E-state index contributed by atoms with van der Waals surface area (Å²) in [6.45, 7) is 5.85. The van der Waals surface area contributed by atoms with Gasteiger partial charge >= 0.3 is 0 Å². The van der Waals surface area contributed by atoms with Crippen LogP contribution in [0.3, 0.4) is 0 Å². The third-order valence-electron chi connectivity index (χ3n) is 5.46. The molecule has 1 atom stereocenters. The zero-order valence-electron chi connectivity index (χ0n) is 20.3. The molecule has 0 saturated heterocycles. The highest BCUT2D eigenvalue weighted by Crippen LogP contribution is 2.26. The summed E-state index contributed by atoms with van der Waals surface area (Å²) < 4.78 is 0. The first kappa shape index (κ1) is 28.3. The number of carbonyl (C=O) groups excluding carboxylic acids is 2. The first-order chi connectivity index (χ1) is 16.9. The van der Waals surface area contributed by atoms with E-state index in [0.29, 0.717) is 37.6 Å². The van der Waals surface area contributed by atoms with Gasteiger partial charge in [0.15, 0.2) is 0 Å². The summed E-state index contributed by atoms with van der Waals surface area (Å²) >= 11 is 24.8. The van der Waals surface area contributed by atoms with Crippen LogP contribution >= 0.6 is 46.4 Å². The average Bonchev–Trinajstić information content (AvgIpc) is 2.79. The van der Waals surface area contributed by atoms with Crippen molar-refractivity contribution in [2.24, 2.45) is 0 Å². The first-order valence-corrected chi connectivity index (χ1v) is 13.0. The van der Waals surface area contributed by atoms with E-state index >= 15 is 0 Å². The Morgan fingerprint density at radius 2 is 1.53 bits per heavy atom. The van der Waals surface area contributed by atoms with E-state index < -0.39 is 11.6 Å². The average molecular weight is 566 g/mol. The predicted molar refractivity (Wildman–Crippen MR) is 149 cm³/mol. The van der Waals surface area contributed by atoms with Gasteiger partial charge in [0.2, 0.25) is 11.8 Å². The summed E-state index contributed by atoms with van der Waals surface area (Å²) in [5, 5.41) is 4.72. The third kappa shape index (κ3) is 8.14. The second-order valence-electron chi connectivity index (χ2n) is 9.63. The summed E-state index contributed by atoms with van der Waals surface area (Å²) in [7, 11) is 0. The van der Waals surface area contributed by atoms with E-state index in [1.807, 2.05) is 51.1 Å². The van der Waals surface area contributed by atoms with Crippen molar-refractivity contribution in [2.45, 2.75) is 51.7 Å². The SMILES string of the molecule is CC(C)(C)NC(=O)[C@H](Cc1ccccc1)N(Cc1ccc(Cl)cc1Cl)C(=O)Cc1ccc(Cl)c(Cl)c1. The van der Waals surface area contributed by atoms with Gasteiger partial charge in [0, 0.05) is 28.5 Å². The van der Waals surface area contributed by atoms with Crippen molar-refractivity contribution in [1.82, 2.24) is 10.2 Å². The predicted octanol–water partition coefficient (Wildman–Crippen LogP) is 7.40. The molecule has 0 aliphatic rings. The molecular formula is C28H28Cl4N2O2. The maximum absolute atomic E-state index is 13.8. The molecule has 3 rings (SSSR count). The van der Waals surface area contributed by atoms with E-state index in [4.69, 9.17) is 46.4 Å². The number of nitrogens with one attached hydrogen (secondary N) is 1. The number of carbonyl (C=O) groups is 2. The van der Waals surface area contributed by atoms with Gasteiger partial charge in [0.1, 0.15) is 6.04 Å². The normalized spacial score (nSPS) is 12.2. The van der Waals surface area contributed by atoms with Crippen LogP contribution in [0.4, 0.5) is 0 Å². The van der Waals surface area contributed by atoms with Crippen LogP contribution in [0.25, 0.3) is 0 Å². The van der Waals surface area contributed by atoms with Gasteiger partial charge in [-0.1, -0.05) is 88.9 Å². The molecule has 0 radical (unpaired) electrons. The Bertz CT molecular complexity index is 1230. The monoisotopic (exact) mass is 564 g/mol. The number of rotatable bonds is 8. The second kappa shape index (κ2) is 12.3. The molecule has 0 aliphatic carbocycles. The number of hydrogen-bond acceptors (Lipinski definition) is 2. The van der Waals surface area contributed by atoms with Crippen molar-refractivity contribution in [3.05, 3.63) is 104 Å². The molecule has 0 saturated carbocycles. The second-order valence-corrected chi connectivity index (χ2v) is 11.3. The van der Waals surface area contributed by atoms with Gasteiger partial charge in [0.25, 0.3) is 0 Å². The van der Waals surface area contributed by atoms with Crippen molar-refractivity contribution in [2.75, 3.05) is 0 Å². The van der Waals surface area contributed by atoms with Gasteiger partial charge in [-0.25, -0.2) is 0 Å². The minimum absolute atomic E-state index is 0.0379. The Hall–Kier alpha value is -2.24. The van der Waals surface area contributed by atoms with Crippen LogP contribution in [0.2, 0.25) is 20.1 Å². The highest BCUT2D eigenvalue weighted by molar-refractivity contribution is 6.42. The zero-order chi connectivity index (χ0) is 26.5. The summed E-state index contributed by atoms with van der Waals surface area (Å²) in [5.74, 6) is -0.497. The lowest BCUT2D eigenvalue weighted by atomic mass is 10.00. The molecule has 0 aliphatic heterocycles. The van der Waals surface area contributed by atoms with Gasteiger partial charge in [0.05, 0.1) is 16.5 Å². The molecule has 3 aromatic rings. The van der Waals surface area contributed by atoms with E-state index in [1.54, 1.807) is 41.3 Å². The van der Waals surface area contributed by atoms with E-state index in [0.717, 1.165) is 5.56 Å². The maximum atomic E-state index is 13.8. The molecule has 2 amide bonds. The molecule has 36 heavy (non-hydrogen) atoms. The number of nitrogens with zero attached hydrogens (tertiary/aromatic N) is 1. The number of halogens is 4. The Morgan fingerprint density at radius 3 is 2.14 bits per heavy atom. The van der Waals surface area contributed by atoms with Crippen LogP contribution in [0.1, 0.15) is 37.5 Å². The van der Waals surface area contributed by atoms with Gasteiger partial charge in [-0.05, 0) is 61.7 Å². The number of hydrogen-bond donors (Lipinski definition) is 1. The Morgan fingerprint density at radius 1 is 0.833 bits per heavy atom. The quantitative estimate of drug-likeness (QED) is 0.309. The molecule has 1 N–H and O–H groups in total. The Balaban J connectivity index is 2.03. The van der Waals surface area contributed by atoms with Gasteiger partial charge in [-0.2, -0.15) is 0 Å². The van der Waals surface area contributed by atoms with Crippen LogP contribution in [0.15, 0.2) is 66.7 Å². The molecule has 0 aromatic heterocycles. The fourth-order valence-electron chi connectivity index (χ4n) is 3.77. The number of amides is 2. The summed E-state index contributed by atoms with van der Waals surface area (Å²) in [4.78, 5) is 29.0. The van der Waals surface area contributed by atoms with Gasteiger partial charge in [-0.15, -0.1) is 0 Å². The molecule has 3 aromatic carbocycles. The molecule has 0 unspecified atom stereocenters. The Kier molecular flexibility index (Phi) is 9.71. The van der Waals surface area contributed by atoms with E-state index in [9.17, 15) is 9.59 Å². The van der Waals surface area contributed by atoms with Gasteiger partial charge in [-0.3, -0.25) is 9.59 Å². The van der Waals surface area contributed by atoms with Crippen molar-refractivity contribution < 1.29 is 9.59 Å². The van der Waals surface area contributed by atoms with Crippen molar-refractivity contribution in [3.63, 3.8) is 0 Å². The van der Waals surface area contributed by atoms with E-state index in [1.165, 1.54) is 0 Å². The maximum Gasteiger partial charge on any atom is 0.243 e. The molecular weight excluding hydrogens is 538 g/mol. The van der Waals surface area contributed by atoms with Crippen LogP contribution in [-0.2, 0) is 29.0 Å². The van der Waals surface area contributed by atoms with Crippen LogP contribution in [0.5, 0.6) is 0 Å².